The highest BCUT2D eigenvalue weighted by molar-refractivity contribution is 7.99. The Bertz CT molecular complexity index is 1150. The highest BCUT2D eigenvalue weighted by atomic mass is 32.2. The number of carbonyl (C=O) groups is 2. The van der Waals surface area contributed by atoms with Gasteiger partial charge in [-0.1, -0.05) is 36.0 Å². The standard InChI is InChI=1S/C20H14FN3O4S/c21-13-6-2-1-5-12(13)15-9-10-17(27-15)19(26)24-23-18(25)11-29-20-22-14-7-3-4-8-16(14)28-20/h1-10H,11H2,(H,23,25)(H,24,26). The third-order valence-corrected chi connectivity index (χ3v) is 4.71. The maximum atomic E-state index is 13.8. The molecule has 0 aliphatic heterocycles. The molecule has 0 fully saturated rings. The van der Waals surface area contributed by atoms with E-state index in [4.69, 9.17) is 8.83 Å². The van der Waals surface area contributed by atoms with Crippen LogP contribution in [-0.4, -0.2) is 22.6 Å². The van der Waals surface area contributed by atoms with Crippen molar-refractivity contribution in [2.24, 2.45) is 0 Å². The minimum absolute atomic E-state index is 0.00820. The van der Waals surface area contributed by atoms with Crippen LogP contribution in [0.5, 0.6) is 0 Å². The second-order valence-corrected chi connectivity index (χ2v) is 6.81. The largest absolute Gasteiger partial charge is 0.451 e. The van der Waals surface area contributed by atoms with Gasteiger partial charge in [-0.2, -0.15) is 0 Å². The van der Waals surface area contributed by atoms with E-state index < -0.39 is 17.6 Å². The number of fused-ring (bicyclic) bond motifs is 1. The number of thioether (sulfide) groups is 1. The second-order valence-electron chi connectivity index (χ2n) is 5.88. The molecule has 7 nitrogen and oxygen atoms in total. The van der Waals surface area contributed by atoms with Crippen molar-refractivity contribution in [2.45, 2.75) is 5.22 Å². The van der Waals surface area contributed by atoms with Gasteiger partial charge in [-0.25, -0.2) is 9.37 Å². The van der Waals surface area contributed by atoms with E-state index in [2.05, 4.69) is 15.8 Å². The normalized spacial score (nSPS) is 10.8. The molecule has 0 saturated heterocycles. The lowest BCUT2D eigenvalue weighted by atomic mass is 10.1. The number of hydrogen-bond donors (Lipinski definition) is 2. The number of halogens is 1. The molecular weight excluding hydrogens is 397 g/mol. The molecule has 2 N–H and O–H groups in total. The van der Waals surface area contributed by atoms with Crippen molar-refractivity contribution in [1.29, 1.82) is 0 Å². The van der Waals surface area contributed by atoms with E-state index in [0.717, 1.165) is 11.8 Å². The van der Waals surface area contributed by atoms with Gasteiger partial charge in [-0.3, -0.25) is 20.4 Å². The van der Waals surface area contributed by atoms with Gasteiger partial charge >= 0.3 is 5.91 Å². The zero-order chi connectivity index (χ0) is 20.2. The number of furan rings is 1. The van der Waals surface area contributed by atoms with E-state index in [1.165, 1.54) is 18.2 Å². The van der Waals surface area contributed by atoms with E-state index in [0.29, 0.717) is 16.3 Å². The van der Waals surface area contributed by atoms with E-state index in [9.17, 15) is 14.0 Å². The second kappa shape index (κ2) is 8.19. The first-order valence-corrected chi connectivity index (χ1v) is 9.51. The Morgan fingerprint density at radius 2 is 1.76 bits per heavy atom. The maximum absolute atomic E-state index is 13.8. The molecule has 0 aliphatic rings. The number of nitrogens with one attached hydrogen (secondary N) is 2. The van der Waals surface area contributed by atoms with Crippen LogP contribution in [0.25, 0.3) is 22.4 Å². The van der Waals surface area contributed by atoms with Gasteiger partial charge in [0.15, 0.2) is 11.3 Å². The highest BCUT2D eigenvalue weighted by Crippen LogP contribution is 2.25. The Labute approximate surface area is 168 Å². The third kappa shape index (κ3) is 4.30. The summed E-state index contributed by atoms with van der Waals surface area (Å²) in [6.07, 6.45) is 0. The molecule has 4 aromatic rings. The van der Waals surface area contributed by atoms with Crippen molar-refractivity contribution < 1.29 is 22.8 Å². The first-order valence-electron chi connectivity index (χ1n) is 8.52. The van der Waals surface area contributed by atoms with Crippen LogP contribution in [0.15, 0.2) is 74.7 Å². The Kier molecular flexibility index (Phi) is 5.30. The Morgan fingerprint density at radius 1 is 0.966 bits per heavy atom. The molecule has 2 amide bonds. The lowest BCUT2D eigenvalue weighted by Gasteiger charge is -2.05. The van der Waals surface area contributed by atoms with Crippen molar-refractivity contribution >= 4 is 34.7 Å². The first-order chi connectivity index (χ1) is 14.1. The molecule has 2 heterocycles. The fourth-order valence-electron chi connectivity index (χ4n) is 2.53. The predicted octanol–water partition coefficient (Wildman–Crippen LogP) is 3.78. The number of aromatic nitrogens is 1. The molecule has 29 heavy (non-hydrogen) atoms. The highest BCUT2D eigenvalue weighted by Gasteiger charge is 2.15. The first kappa shape index (κ1) is 18.8. The molecule has 0 spiro atoms. The summed E-state index contributed by atoms with van der Waals surface area (Å²) in [7, 11) is 0. The summed E-state index contributed by atoms with van der Waals surface area (Å²) in [5, 5.41) is 0.355. The van der Waals surface area contributed by atoms with Crippen LogP contribution in [0.4, 0.5) is 4.39 Å². The van der Waals surface area contributed by atoms with Crippen molar-refractivity contribution in [3.05, 3.63) is 72.2 Å². The Hall–Kier alpha value is -3.59. The molecule has 0 saturated carbocycles. The number of amides is 2. The minimum Gasteiger partial charge on any atom is -0.451 e. The van der Waals surface area contributed by atoms with Gasteiger partial charge in [0.1, 0.15) is 17.1 Å². The molecule has 9 heteroatoms. The van der Waals surface area contributed by atoms with Gasteiger partial charge in [-0.15, -0.1) is 0 Å². The third-order valence-electron chi connectivity index (χ3n) is 3.89. The summed E-state index contributed by atoms with van der Waals surface area (Å²) in [5.41, 5.74) is 6.11. The predicted molar refractivity (Wildman–Crippen MR) is 104 cm³/mol. The Morgan fingerprint density at radius 3 is 2.59 bits per heavy atom. The van der Waals surface area contributed by atoms with Gasteiger partial charge in [0.05, 0.1) is 11.3 Å². The Balaban J connectivity index is 1.30. The van der Waals surface area contributed by atoms with Crippen molar-refractivity contribution in [3.63, 3.8) is 0 Å². The number of hydrazine groups is 1. The average Bonchev–Trinajstić information content (AvgIpc) is 3.37. The SMILES string of the molecule is O=C(CSc1nc2ccccc2o1)NNC(=O)c1ccc(-c2ccccc2F)o1. The number of oxazole rings is 1. The van der Waals surface area contributed by atoms with Gasteiger partial charge in [0.25, 0.3) is 5.22 Å². The fourth-order valence-corrected chi connectivity index (χ4v) is 3.17. The van der Waals surface area contributed by atoms with Crippen LogP contribution in [0.1, 0.15) is 10.6 Å². The van der Waals surface area contributed by atoms with Crippen LogP contribution >= 0.6 is 11.8 Å². The van der Waals surface area contributed by atoms with E-state index in [-0.39, 0.29) is 22.8 Å². The van der Waals surface area contributed by atoms with E-state index in [1.807, 2.05) is 18.2 Å². The molecule has 0 bridgehead atoms. The summed E-state index contributed by atoms with van der Waals surface area (Å²) in [6.45, 7) is 0. The summed E-state index contributed by atoms with van der Waals surface area (Å²) in [5.74, 6) is -1.43. The van der Waals surface area contributed by atoms with Gasteiger partial charge < -0.3 is 8.83 Å². The summed E-state index contributed by atoms with van der Waals surface area (Å²) < 4.78 is 24.7. The lowest BCUT2D eigenvalue weighted by Crippen LogP contribution is -2.42. The van der Waals surface area contributed by atoms with Crippen molar-refractivity contribution in [3.8, 4) is 11.3 Å². The van der Waals surface area contributed by atoms with Crippen molar-refractivity contribution in [2.75, 3.05) is 5.75 Å². The number of carbonyl (C=O) groups excluding carboxylic acids is 2. The van der Waals surface area contributed by atoms with E-state index in [1.54, 1.807) is 24.3 Å². The molecule has 2 aromatic heterocycles. The van der Waals surface area contributed by atoms with Gasteiger partial charge in [0.2, 0.25) is 5.91 Å². The molecule has 0 radical (unpaired) electrons. The number of nitrogens with zero attached hydrogens (tertiary/aromatic N) is 1. The number of rotatable bonds is 5. The molecule has 4 rings (SSSR count). The number of para-hydroxylation sites is 2. The monoisotopic (exact) mass is 411 g/mol. The fraction of sp³-hybridized carbons (Fsp3) is 0.0500. The van der Waals surface area contributed by atoms with Gasteiger partial charge in [-0.05, 0) is 36.4 Å². The van der Waals surface area contributed by atoms with Gasteiger partial charge in [0, 0.05) is 0 Å². The minimum atomic E-state index is -0.659. The quantitative estimate of drug-likeness (QED) is 0.383. The topological polar surface area (TPSA) is 97.4 Å². The summed E-state index contributed by atoms with van der Waals surface area (Å²) in [4.78, 5) is 28.3. The molecule has 0 unspecified atom stereocenters. The summed E-state index contributed by atoms with van der Waals surface area (Å²) >= 11 is 1.10. The van der Waals surface area contributed by atoms with Crippen LogP contribution < -0.4 is 10.9 Å². The smallest absolute Gasteiger partial charge is 0.305 e. The average molecular weight is 411 g/mol. The number of hydrogen-bond acceptors (Lipinski definition) is 6. The maximum Gasteiger partial charge on any atom is 0.305 e. The van der Waals surface area contributed by atoms with Crippen molar-refractivity contribution in [1.82, 2.24) is 15.8 Å². The molecule has 0 aliphatic carbocycles. The zero-order valence-corrected chi connectivity index (χ0v) is 15.7. The summed E-state index contributed by atoms with van der Waals surface area (Å²) in [6, 6.07) is 16.2. The molecule has 2 aromatic carbocycles. The van der Waals surface area contributed by atoms with Crippen LogP contribution in [0.3, 0.4) is 0 Å². The van der Waals surface area contributed by atoms with Crippen LogP contribution in [0, 0.1) is 5.82 Å². The molecule has 0 atom stereocenters. The van der Waals surface area contributed by atoms with E-state index >= 15 is 0 Å². The molecule has 146 valence electrons. The van der Waals surface area contributed by atoms with Crippen LogP contribution in [-0.2, 0) is 4.79 Å². The molecular formula is C20H14FN3O4S. The lowest BCUT2D eigenvalue weighted by molar-refractivity contribution is -0.119. The zero-order valence-electron chi connectivity index (χ0n) is 14.8. The van der Waals surface area contributed by atoms with Crippen LogP contribution in [0.2, 0.25) is 0 Å². The number of benzene rings is 2.